The van der Waals surface area contributed by atoms with Gasteiger partial charge >= 0.3 is 0 Å². The van der Waals surface area contributed by atoms with Gasteiger partial charge in [-0.05, 0) is 38.7 Å². The lowest BCUT2D eigenvalue weighted by Gasteiger charge is -2.31. The molecule has 0 aromatic carbocycles. The molecule has 0 atom stereocenters. The van der Waals surface area contributed by atoms with E-state index in [4.69, 9.17) is 4.74 Å². The van der Waals surface area contributed by atoms with E-state index in [1.165, 1.54) is 0 Å². The van der Waals surface area contributed by atoms with Crippen LogP contribution in [0.1, 0.15) is 24.2 Å². The highest BCUT2D eigenvalue weighted by Crippen LogP contribution is 2.27. The number of nitrogens with zero attached hydrogens (tertiary/aromatic N) is 6. The van der Waals surface area contributed by atoms with E-state index in [1.807, 2.05) is 6.07 Å². The van der Waals surface area contributed by atoms with Gasteiger partial charge in [-0.15, -0.1) is 5.10 Å². The molecule has 1 aliphatic heterocycles. The van der Waals surface area contributed by atoms with Crippen molar-refractivity contribution in [1.29, 1.82) is 0 Å². The van der Waals surface area contributed by atoms with Crippen LogP contribution in [0.25, 0.3) is 5.65 Å². The average molecular weight is 404 g/mol. The van der Waals surface area contributed by atoms with Crippen LogP contribution in [-0.4, -0.2) is 56.8 Å². The van der Waals surface area contributed by atoms with Gasteiger partial charge in [-0.3, -0.25) is 4.68 Å². The third-order valence-corrected chi connectivity index (χ3v) is 7.46. The van der Waals surface area contributed by atoms with Gasteiger partial charge in [0.05, 0.1) is 18.0 Å². The second-order valence-corrected chi connectivity index (χ2v) is 9.06. The molecule has 4 heterocycles. The van der Waals surface area contributed by atoms with Crippen LogP contribution in [0.5, 0.6) is 5.88 Å². The molecule has 0 unspecified atom stereocenters. The molecule has 0 saturated carbocycles. The fraction of sp³-hybridized carbons (Fsp3) is 0.500. The van der Waals surface area contributed by atoms with E-state index in [1.54, 1.807) is 52.9 Å². The van der Waals surface area contributed by atoms with Gasteiger partial charge in [0.2, 0.25) is 15.9 Å². The molecule has 9 nitrogen and oxygen atoms in total. The molecule has 10 heteroatoms. The van der Waals surface area contributed by atoms with Gasteiger partial charge in [-0.25, -0.2) is 17.9 Å². The summed E-state index contributed by atoms with van der Waals surface area (Å²) >= 11 is 0. The van der Waals surface area contributed by atoms with Gasteiger partial charge in [-0.1, -0.05) is 0 Å². The first-order chi connectivity index (χ1) is 13.4. The lowest BCUT2D eigenvalue weighted by molar-refractivity contribution is 0.179. The summed E-state index contributed by atoms with van der Waals surface area (Å²) in [4.78, 5) is 4.49. The Hall–Kier alpha value is -2.46. The molecule has 0 N–H and O–H groups in total. The van der Waals surface area contributed by atoms with Crippen LogP contribution in [-0.2, 0) is 17.1 Å². The molecule has 0 radical (unpaired) electrons. The summed E-state index contributed by atoms with van der Waals surface area (Å²) in [5.74, 6) is 0.838. The van der Waals surface area contributed by atoms with Crippen LogP contribution in [0.2, 0.25) is 0 Å². The molecule has 28 heavy (non-hydrogen) atoms. The monoisotopic (exact) mass is 404 g/mol. The van der Waals surface area contributed by atoms with E-state index >= 15 is 0 Å². The molecule has 0 spiro atoms. The normalized spacial score (nSPS) is 16.7. The van der Waals surface area contributed by atoms with Crippen molar-refractivity contribution >= 4 is 15.7 Å². The summed E-state index contributed by atoms with van der Waals surface area (Å²) in [5.41, 5.74) is 1.99. The first-order valence-electron chi connectivity index (χ1n) is 9.30. The summed E-state index contributed by atoms with van der Waals surface area (Å²) in [7, 11) is -1.76. The fourth-order valence-electron chi connectivity index (χ4n) is 3.65. The minimum atomic E-state index is -3.52. The second kappa shape index (κ2) is 7.17. The fourth-order valence-corrected chi connectivity index (χ4v) is 5.52. The summed E-state index contributed by atoms with van der Waals surface area (Å²) in [6.07, 6.45) is 4.97. The van der Waals surface area contributed by atoms with Crippen molar-refractivity contribution in [2.45, 2.75) is 31.6 Å². The van der Waals surface area contributed by atoms with Gasteiger partial charge in [0, 0.05) is 38.6 Å². The van der Waals surface area contributed by atoms with E-state index in [2.05, 4.69) is 15.2 Å². The zero-order chi connectivity index (χ0) is 19.9. The summed E-state index contributed by atoms with van der Waals surface area (Å²) in [6.45, 7) is 5.02. The first kappa shape index (κ1) is 18.9. The Morgan fingerprint density at radius 2 is 1.93 bits per heavy atom. The molecular formula is C18H24N6O3S. The minimum Gasteiger partial charge on any atom is -0.476 e. The number of hydrogen-bond acceptors (Lipinski definition) is 6. The Labute approximate surface area is 164 Å². The van der Waals surface area contributed by atoms with Gasteiger partial charge in [0.25, 0.3) is 0 Å². The molecular weight excluding hydrogens is 380 g/mol. The third kappa shape index (κ3) is 3.37. The number of sulfonamides is 1. The molecule has 0 amide bonds. The number of imidazole rings is 1. The Kier molecular flexibility index (Phi) is 4.84. The van der Waals surface area contributed by atoms with Crippen molar-refractivity contribution in [1.82, 2.24) is 28.7 Å². The van der Waals surface area contributed by atoms with Crippen LogP contribution in [0, 0.1) is 19.8 Å². The van der Waals surface area contributed by atoms with Crippen LogP contribution in [0.3, 0.4) is 0 Å². The standard InChI is InChI=1S/C18H24N6O3S/c1-13-18(14(2)22(3)20-13)28(25,26)23-9-6-15(7-10-23)12-27-17-5-4-16-19-8-11-24(16)21-17/h4-5,8,11,15H,6-7,9-10,12H2,1-3H3. The highest BCUT2D eigenvalue weighted by Gasteiger charge is 2.33. The highest BCUT2D eigenvalue weighted by atomic mass is 32.2. The number of piperidine rings is 1. The number of rotatable bonds is 5. The maximum absolute atomic E-state index is 13.0. The Morgan fingerprint density at radius 3 is 2.61 bits per heavy atom. The van der Waals surface area contributed by atoms with Crippen LogP contribution >= 0.6 is 0 Å². The molecule has 3 aromatic rings. The van der Waals surface area contributed by atoms with Crippen molar-refractivity contribution in [2.75, 3.05) is 19.7 Å². The highest BCUT2D eigenvalue weighted by molar-refractivity contribution is 7.89. The lowest BCUT2D eigenvalue weighted by atomic mass is 9.99. The molecule has 4 rings (SSSR count). The predicted octanol–water partition coefficient (Wildman–Crippen LogP) is 1.56. The summed E-state index contributed by atoms with van der Waals surface area (Å²) < 4.78 is 36.8. The van der Waals surface area contributed by atoms with E-state index in [0.29, 0.717) is 47.8 Å². The zero-order valence-electron chi connectivity index (χ0n) is 16.2. The topological polar surface area (TPSA) is 94.6 Å². The van der Waals surface area contributed by atoms with Gasteiger partial charge in [-0.2, -0.15) is 9.40 Å². The largest absolute Gasteiger partial charge is 0.476 e. The van der Waals surface area contributed by atoms with Crippen molar-refractivity contribution in [2.24, 2.45) is 13.0 Å². The molecule has 3 aromatic heterocycles. The minimum absolute atomic E-state index is 0.294. The average Bonchev–Trinajstić information content (AvgIpc) is 3.24. The maximum atomic E-state index is 13.0. The summed E-state index contributed by atoms with van der Waals surface area (Å²) in [6, 6.07) is 3.66. The number of ether oxygens (including phenoxy) is 1. The molecule has 1 saturated heterocycles. The van der Waals surface area contributed by atoms with Crippen LogP contribution < -0.4 is 4.74 Å². The van der Waals surface area contributed by atoms with E-state index in [0.717, 1.165) is 18.5 Å². The van der Waals surface area contributed by atoms with Crippen LogP contribution in [0.15, 0.2) is 29.4 Å². The first-order valence-corrected chi connectivity index (χ1v) is 10.7. The second-order valence-electron chi connectivity index (χ2n) is 7.18. The maximum Gasteiger partial charge on any atom is 0.246 e. The zero-order valence-corrected chi connectivity index (χ0v) is 17.1. The SMILES string of the molecule is Cc1nn(C)c(C)c1S(=O)(=O)N1CCC(COc2ccc3nccn3n2)CC1. The van der Waals surface area contributed by atoms with Crippen molar-refractivity contribution in [3.63, 3.8) is 0 Å². The Morgan fingerprint density at radius 1 is 1.18 bits per heavy atom. The Balaban J connectivity index is 1.37. The van der Waals surface area contributed by atoms with E-state index in [-0.39, 0.29) is 0 Å². The molecule has 1 fully saturated rings. The molecule has 150 valence electrons. The van der Waals surface area contributed by atoms with E-state index in [9.17, 15) is 8.42 Å². The van der Waals surface area contributed by atoms with Gasteiger partial charge in [0.1, 0.15) is 4.90 Å². The number of aryl methyl sites for hydroxylation is 2. The Bertz CT molecular complexity index is 1100. The van der Waals surface area contributed by atoms with Crippen LogP contribution in [0.4, 0.5) is 0 Å². The van der Waals surface area contributed by atoms with E-state index < -0.39 is 10.0 Å². The smallest absolute Gasteiger partial charge is 0.246 e. The molecule has 0 aliphatic carbocycles. The third-order valence-electron chi connectivity index (χ3n) is 5.31. The summed E-state index contributed by atoms with van der Waals surface area (Å²) in [5, 5.41) is 8.60. The van der Waals surface area contributed by atoms with Crippen molar-refractivity contribution < 1.29 is 13.2 Å². The quantitative estimate of drug-likeness (QED) is 0.640. The lowest BCUT2D eigenvalue weighted by Crippen LogP contribution is -2.40. The van der Waals surface area contributed by atoms with Gasteiger partial charge in [0.15, 0.2) is 5.65 Å². The van der Waals surface area contributed by atoms with Crippen molar-refractivity contribution in [3.05, 3.63) is 35.9 Å². The number of hydrogen-bond donors (Lipinski definition) is 0. The number of aromatic nitrogens is 5. The number of fused-ring (bicyclic) bond motifs is 1. The molecule has 0 bridgehead atoms. The van der Waals surface area contributed by atoms with Crippen molar-refractivity contribution in [3.8, 4) is 5.88 Å². The predicted molar refractivity (Wildman–Crippen MR) is 103 cm³/mol. The van der Waals surface area contributed by atoms with Gasteiger partial charge < -0.3 is 4.74 Å². The molecule has 1 aliphatic rings.